The van der Waals surface area contributed by atoms with Crippen LogP contribution in [0.25, 0.3) is 0 Å². The zero-order chi connectivity index (χ0) is 12.3. The Balaban J connectivity index is 2.07. The van der Waals surface area contributed by atoms with Crippen molar-refractivity contribution < 1.29 is 0 Å². The van der Waals surface area contributed by atoms with Gasteiger partial charge < -0.3 is 5.32 Å². The number of hydrogen-bond donors (Lipinski definition) is 1. The van der Waals surface area contributed by atoms with Crippen LogP contribution < -0.4 is 5.32 Å². The van der Waals surface area contributed by atoms with Crippen LogP contribution in [-0.4, -0.2) is 4.98 Å². The summed E-state index contributed by atoms with van der Waals surface area (Å²) in [6.45, 7) is 6.52. The fourth-order valence-corrected chi connectivity index (χ4v) is 2.71. The standard InChI is InChI=1S/C14H18N2S/c1-10-6-4-5-7-13(10)11(2)16-12(3)14-15-8-9-17-14/h4-9,11-12,16H,1-3H3. The molecule has 1 heterocycles. The Kier molecular flexibility index (Phi) is 3.92. The molecule has 0 saturated carbocycles. The molecule has 0 radical (unpaired) electrons. The molecule has 1 aromatic carbocycles. The average molecular weight is 246 g/mol. The van der Waals surface area contributed by atoms with E-state index in [4.69, 9.17) is 0 Å². The third-order valence-electron chi connectivity index (χ3n) is 2.98. The Morgan fingerprint density at radius 3 is 2.59 bits per heavy atom. The van der Waals surface area contributed by atoms with E-state index in [1.807, 2.05) is 11.6 Å². The van der Waals surface area contributed by atoms with Crippen molar-refractivity contribution in [2.24, 2.45) is 0 Å². The summed E-state index contributed by atoms with van der Waals surface area (Å²) in [7, 11) is 0. The summed E-state index contributed by atoms with van der Waals surface area (Å²) in [5.74, 6) is 0. The Labute approximate surface area is 107 Å². The number of nitrogens with one attached hydrogen (secondary N) is 1. The third kappa shape index (κ3) is 2.93. The van der Waals surface area contributed by atoms with Crippen molar-refractivity contribution in [3.63, 3.8) is 0 Å². The lowest BCUT2D eigenvalue weighted by Crippen LogP contribution is -2.22. The maximum absolute atomic E-state index is 4.34. The van der Waals surface area contributed by atoms with E-state index in [9.17, 15) is 0 Å². The molecule has 0 saturated heterocycles. The molecule has 0 bridgehead atoms. The van der Waals surface area contributed by atoms with Gasteiger partial charge in [0.1, 0.15) is 5.01 Å². The Hall–Kier alpha value is -1.19. The van der Waals surface area contributed by atoms with E-state index in [1.165, 1.54) is 11.1 Å². The number of aryl methyl sites for hydroxylation is 1. The van der Waals surface area contributed by atoms with Crippen molar-refractivity contribution in [2.45, 2.75) is 32.9 Å². The maximum atomic E-state index is 4.34. The van der Waals surface area contributed by atoms with Gasteiger partial charge in [-0.2, -0.15) is 0 Å². The summed E-state index contributed by atoms with van der Waals surface area (Å²) in [6.07, 6.45) is 1.86. The largest absolute Gasteiger partial charge is 0.302 e. The quantitative estimate of drug-likeness (QED) is 0.886. The first kappa shape index (κ1) is 12.3. The molecule has 2 nitrogen and oxygen atoms in total. The van der Waals surface area contributed by atoms with Crippen LogP contribution in [0.5, 0.6) is 0 Å². The van der Waals surface area contributed by atoms with Crippen molar-refractivity contribution in [2.75, 3.05) is 0 Å². The van der Waals surface area contributed by atoms with Crippen LogP contribution in [0.1, 0.15) is 42.1 Å². The van der Waals surface area contributed by atoms with Gasteiger partial charge in [0.05, 0.1) is 6.04 Å². The highest BCUT2D eigenvalue weighted by Gasteiger charge is 2.13. The van der Waals surface area contributed by atoms with Gasteiger partial charge in [-0.1, -0.05) is 24.3 Å². The van der Waals surface area contributed by atoms with E-state index in [2.05, 4.69) is 55.3 Å². The number of hydrogen-bond acceptors (Lipinski definition) is 3. The highest BCUT2D eigenvalue weighted by molar-refractivity contribution is 7.09. The highest BCUT2D eigenvalue weighted by Crippen LogP contribution is 2.22. The SMILES string of the molecule is Cc1ccccc1C(C)NC(C)c1nccs1. The zero-order valence-electron chi connectivity index (χ0n) is 10.5. The van der Waals surface area contributed by atoms with Gasteiger partial charge in [-0.25, -0.2) is 4.98 Å². The molecular weight excluding hydrogens is 228 g/mol. The van der Waals surface area contributed by atoms with Gasteiger partial charge in [-0.05, 0) is 31.9 Å². The number of benzene rings is 1. The third-order valence-corrected chi connectivity index (χ3v) is 3.94. The molecule has 1 aromatic heterocycles. The maximum Gasteiger partial charge on any atom is 0.109 e. The second kappa shape index (κ2) is 5.43. The summed E-state index contributed by atoms with van der Waals surface area (Å²) in [5.41, 5.74) is 2.69. The summed E-state index contributed by atoms with van der Waals surface area (Å²) >= 11 is 1.70. The Morgan fingerprint density at radius 2 is 1.94 bits per heavy atom. The summed E-state index contributed by atoms with van der Waals surface area (Å²) in [5, 5.41) is 6.75. The van der Waals surface area contributed by atoms with Crippen molar-refractivity contribution in [1.29, 1.82) is 0 Å². The molecule has 0 aliphatic rings. The van der Waals surface area contributed by atoms with E-state index >= 15 is 0 Å². The highest BCUT2D eigenvalue weighted by atomic mass is 32.1. The number of thiazole rings is 1. The van der Waals surface area contributed by atoms with Crippen molar-refractivity contribution in [1.82, 2.24) is 10.3 Å². The summed E-state index contributed by atoms with van der Waals surface area (Å²) in [4.78, 5) is 4.34. The molecule has 2 atom stereocenters. The van der Waals surface area contributed by atoms with Crippen LogP contribution in [0.3, 0.4) is 0 Å². The molecule has 0 aliphatic heterocycles. The van der Waals surface area contributed by atoms with Crippen molar-refractivity contribution in [3.05, 3.63) is 52.0 Å². The lowest BCUT2D eigenvalue weighted by atomic mass is 10.0. The monoisotopic (exact) mass is 246 g/mol. The molecular formula is C14H18N2S. The van der Waals surface area contributed by atoms with Crippen LogP contribution in [-0.2, 0) is 0 Å². The first-order chi connectivity index (χ1) is 8.18. The minimum Gasteiger partial charge on any atom is -0.302 e. The lowest BCUT2D eigenvalue weighted by Gasteiger charge is -2.20. The predicted octanol–water partition coefficient (Wildman–Crippen LogP) is 3.86. The van der Waals surface area contributed by atoms with Gasteiger partial charge >= 0.3 is 0 Å². The summed E-state index contributed by atoms with van der Waals surface area (Å²) < 4.78 is 0. The molecule has 0 amide bonds. The van der Waals surface area contributed by atoms with E-state index in [-0.39, 0.29) is 0 Å². The molecule has 2 unspecified atom stereocenters. The van der Waals surface area contributed by atoms with Gasteiger partial charge in [-0.3, -0.25) is 0 Å². The molecule has 2 rings (SSSR count). The fraction of sp³-hybridized carbons (Fsp3) is 0.357. The van der Waals surface area contributed by atoms with E-state index in [0.29, 0.717) is 12.1 Å². The first-order valence-electron chi connectivity index (χ1n) is 5.89. The Morgan fingerprint density at radius 1 is 1.18 bits per heavy atom. The molecule has 3 heteroatoms. The number of nitrogens with zero attached hydrogens (tertiary/aromatic N) is 1. The topological polar surface area (TPSA) is 24.9 Å². The molecule has 0 aliphatic carbocycles. The van der Waals surface area contributed by atoms with E-state index in [1.54, 1.807) is 11.3 Å². The minimum atomic E-state index is 0.296. The Bertz CT molecular complexity index is 465. The van der Waals surface area contributed by atoms with Crippen LogP contribution in [0, 0.1) is 6.92 Å². The van der Waals surface area contributed by atoms with Crippen LogP contribution in [0.2, 0.25) is 0 Å². The number of aromatic nitrogens is 1. The van der Waals surface area contributed by atoms with Crippen LogP contribution in [0.15, 0.2) is 35.8 Å². The molecule has 17 heavy (non-hydrogen) atoms. The molecule has 1 N–H and O–H groups in total. The smallest absolute Gasteiger partial charge is 0.109 e. The van der Waals surface area contributed by atoms with Crippen molar-refractivity contribution >= 4 is 11.3 Å². The van der Waals surface area contributed by atoms with Crippen molar-refractivity contribution in [3.8, 4) is 0 Å². The van der Waals surface area contributed by atoms with Crippen LogP contribution >= 0.6 is 11.3 Å². The van der Waals surface area contributed by atoms with E-state index < -0.39 is 0 Å². The molecule has 0 fully saturated rings. The molecule has 90 valence electrons. The average Bonchev–Trinajstić information content (AvgIpc) is 2.82. The van der Waals surface area contributed by atoms with Gasteiger partial charge in [0, 0.05) is 17.6 Å². The summed E-state index contributed by atoms with van der Waals surface area (Å²) in [6, 6.07) is 9.15. The van der Waals surface area contributed by atoms with Crippen LogP contribution in [0.4, 0.5) is 0 Å². The normalized spacial score (nSPS) is 14.5. The minimum absolute atomic E-state index is 0.296. The predicted molar refractivity (Wildman–Crippen MR) is 73.3 cm³/mol. The number of rotatable bonds is 4. The van der Waals surface area contributed by atoms with Gasteiger partial charge in [-0.15, -0.1) is 11.3 Å². The molecule has 0 spiro atoms. The zero-order valence-corrected chi connectivity index (χ0v) is 11.3. The van der Waals surface area contributed by atoms with Gasteiger partial charge in [0.2, 0.25) is 0 Å². The molecule has 2 aromatic rings. The van der Waals surface area contributed by atoms with E-state index in [0.717, 1.165) is 5.01 Å². The first-order valence-corrected chi connectivity index (χ1v) is 6.77. The second-order valence-corrected chi connectivity index (χ2v) is 5.26. The van der Waals surface area contributed by atoms with Gasteiger partial charge in [0.25, 0.3) is 0 Å². The lowest BCUT2D eigenvalue weighted by molar-refractivity contribution is 0.491. The second-order valence-electron chi connectivity index (χ2n) is 4.34. The fourth-order valence-electron chi connectivity index (χ4n) is 2.06. The van der Waals surface area contributed by atoms with Gasteiger partial charge in [0.15, 0.2) is 0 Å².